The van der Waals surface area contributed by atoms with Crippen molar-refractivity contribution in [2.45, 2.75) is 49.6 Å². The number of nitrogens with one attached hydrogen (secondary N) is 1. The van der Waals surface area contributed by atoms with Crippen molar-refractivity contribution in [2.75, 3.05) is 31.5 Å². The van der Waals surface area contributed by atoms with Crippen molar-refractivity contribution in [3.8, 4) is 5.75 Å². The van der Waals surface area contributed by atoms with Crippen molar-refractivity contribution in [2.24, 2.45) is 5.92 Å². The number of para-hydroxylation sites is 1. The van der Waals surface area contributed by atoms with Crippen LogP contribution in [-0.4, -0.2) is 75.9 Å². The number of likely N-dealkylation sites (N-methyl/N-ethyl adjacent to an activating group) is 1. The van der Waals surface area contributed by atoms with Crippen LogP contribution in [0.2, 0.25) is 0 Å². The number of hydrogen-bond acceptors (Lipinski definition) is 7. The number of nitrogens with zero attached hydrogens (tertiary/aromatic N) is 2. The first kappa shape index (κ1) is 31.5. The van der Waals surface area contributed by atoms with Gasteiger partial charge in [-0.15, -0.1) is 0 Å². The normalized spacial score (nSPS) is 18.5. The molecule has 0 bridgehead atoms. The molecule has 1 aliphatic rings. The van der Waals surface area contributed by atoms with Crippen LogP contribution in [-0.2, 0) is 20.0 Å². The van der Waals surface area contributed by atoms with Gasteiger partial charge in [0.05, 0.1) is 40.2 Å². The molecule has 1 heterocycles. The molecule has 1 aliphatic heterocycles. The Morgan fingerprint density at radius 3 is 2.12 bits per heavy atom. The highest BCUT2D eigenvalue weighted by Crippen LogP contribution is 2.36. The Bertz CT molecular complexity index is 1640. The van der Waals surface area contributed by atoms with Crippen molar-refractivity contribution < 1.29 is 31.5 Å². The van der Waals surface area contributed by atoms with Crippen LogP contribution in [0.3, 0.4) is 0 Å². The van der Waals surface area contributed by atoms with Crippen LogP contribution in [0.1, 0.15) is 35.3 Å². The Labute approximate surface area is 248 Å². The highest BCUT2D eigenvalue weighted by Gasteiger charge is 2.36. The van der Waals surface area contributed by atoms with Crippen molar-refractivity contribution in [1.82, 2.24) is 9.21 Å². The van der Waals surface area contributed by atoms with Gasteiger partial charge >= 0.3 is 0 Å². The highest BCUT2D eigenvalue weighted by atomic mass is 32.2. The smallest absolute Gasteiger partial charge is 0.262 e. The summed E-state index contributed by atoms with van der Waals surface area (Å²) in [7, 11) is -6.48. The summed E-state index contributed by atoms with van der Waals surface area (Å²) < 4.78 is 63.6. The number of fused-ring (bicyclic) bond motifs is 1. The summed E-state index contributed by atoms with van der Waals surface area (Å²) in [4.78, 5) is 15.4. The van der Waals surface area contributed by atoms with E-state index in [1.807, 2.05) is 20.8 Å². The molecule has 0 aromatic heterocycles. The molecule has 12 heteroatoms. The number of sulfonamides is 2. The number of amides is 1. The maximum Gasteiger partial charge on any atom is 0.262 e. The number of hydrogen-bond donors (Lipinski definition) is 2. The van der Waals surface area contributed by atoms with Crippen molar-refractivity contribution in [3.63, 3.8) is 0 Å². The van der Waals surface area contributed by atoms with E-state index in [0.29, 0.717) is 0 Å². The molecule has 0 spiro atoms. The molecule has 10 nitrogen and oxygen atoms in total. The van der Waals surface area contributed by atoms with E-state index in [1.165, 1.54) is 40.5 Å². The second-order valence-electron chi connectivity index (χ2n) is 10.8. The third-order valence-corrected chi connectivity index (χ3v) is 10.7. The molecule has 226 valence electrons. The molecular formula is C30H37N3O7S2. The number of anilines is 1. The van der Waals surface area contributed by atoms with Crippen molar-refractivity contribution >= 4 is 31.6 Å². The van der Waals surface area contributed by atoms with Gasteiger partial charge in [0.1, 0.15) is 6.10 Å². The summed E-state index contributed by atoms with van der Waals surface area (Å²) in [6.07, 6.45) is -0.777. The lowest BCUT2D eigenvalue weighted by Crippen LogP contribution is -2.50. The second kappa shape index (κ2) is 12.4. The first-order chi connectivity index (χ1) is 19.7. The molecular weight excluding hydrogens is 578 g/mol. The fraction of sp³-hybridized carbons (Fsp3) is 0.367. The minimum Gasteiger partial charge on any atom is -0.486 e. The minimum atomic E-state index is -4.05. The van der Waals surface area contributed by atoms with Gasteiger partial charge in [0.2, 0.25) is 10.0 Å². The Hall–Kier alpha value is -3.45. The zero-order chi connectivity index (χ0) is 30.8. The maximum atomic E-state index is 13.7. The van der Waals surface area contributed by atoms with Gasteiger partial charge in [-0.1, -0.05) is 48.4 Å². The van der Waals surface area contributed by atoms with Gasteiger partial charge in [0, 0.05) is 19.5 Å². The topological polar surface area (TPSA) is 133 Å². The van der Waals surface area contributed by atoms with Crippen LogP contribution < -0.4 is 9.46 Å². The molecule has 0 aliphatic carbocycles. The number of aryl methyl sites for hydroxylation is 2. The predicted molar refractivity (Wildman–Crippen MR) is 161 cm³/mol. The molecule has 3 atom stereocenters. The Kier molecular flexibility index (Phi) is 9.31. The van der Waals surface area contributed by atoms with E-state index in [2.05, 4.69) is 4.72 Å². The van der Waals surface area contributed by atoms with E-state index < -0.39 is 44.0 Å². The third kappa shape index (κ3) is 6.62. The number of aliphatic hydroxyl groups excluding tert-OH is 1. The maximum absolute atomic E-state index is 13.7. The summed E-state index contributed by atoms with van der Waals surface area (Å²) in [6, 6.07) is 16.9. The van der Waals surface area contributed by atoms with Gasteiger partial charge in [0.25, 0.3) is 15.9 Å². The Morgan fingerprint density at radius 2 is 1.55 bits per heavy atom. The Balaban J connectivity index is 1.76. The lowest BCUT2D eigenvalue weighted by atomic mass is 9.99. The Morgan fingerprint density at radius 1 is 0.976 bits per heavy atom. The first-order valence-electron chi connectivity index (χ1n) is 13.6. The molecule has 3 aromatic rings. The summed E-state index contributed by atoms with van der Waals surface area (Å²) >= 11 is 0. The summed E-state index contributed by atoms with van der Waals surface area (Å²) in [6.45, 7) is 7.06. The molecule has 0 unspecified atom stereocenters. The van der Waals surface area contributed by atoms with Crippen LogP contribution >= 0.6 is 0 Å². The summed E-state index contributed by atoms with van der Waals surface area (Å²) in [5, 5.41) is 9.91. The molecule has 2 N–H and O–H groups in total. The molecule has 0 radical (unpaired) electrons. The first-order valence-corrected chi connectivity index (χ1v) is 16.5. The average Bonchev–Trinajstić information content (AvgIpc) is 2.95. The molecule has 4 rings (SSSR count). The van der Waals surface area contributed by atoms with E-state index in [4.69, 9.17) is 4.74 Å². The van der Waals surface area contributed by atoms with Gasteiger partial charge in [-0.3, -0.25) is 9.52 Å². The van der Waals surface area contributed by atoms with Crippen LogP contribution in [0.15, 0.2) is 76.5 Å². The quantitative estimate of drug-likeness (QED) is 0.376. The van der Waals surface area contributed by atoms with E-state index >= 15 is 0 Å². The van der Waals surface area contributed by atoms with Gasteiger partial charge < -0.3 is 14.7 Å². The fourth-order valence-corrected chi connectivity index (χ4v) is 6.95. The van der Waals surface area contributed by atoms with E-state index in [1.54, 1.807) is 49.4 Å². The standard InChI is InChI=1S/C30H37N3O7S2/c1-20-9-13-24(14-10-20)41(36,37)31-27-8-6-7-26-29(27)40-28(22(3)17-33(30(26)35)23(4)19-34)18-32(5)42(38,39)25-15-11-21(2)12-16-25/h6-16,22-23,28,31,34H,17-19H2,1-5H3/t22-,23-,28-/m1/s1. The van der Waals surface area contributed by atoms with Crippen LogP contribution in [0.25, 0.3) is 0 Å². The highest BCUT2D eigenvalue weighted by molar-refractivity contribution is 7.92. The van der Waals surface area contributed by atoms with Gasteiger partial charge in [0.15, 0.2) is 5.75 Å². The fourth-order valence-electron chi connectivity index (χ4n) is 4.70. The molecule has 0 fully saturated rings. The van der Waals surface area contributed by atoms with Crippen molar-refractivity contribution in [3.05, 3.63) is 83.4 Å². The lowest BCUT2D eigenvalue weighted by Gasteiger charge is -2.38. The number of ether oxygens (including phenoxy) is 1. The number of carbonyl (C=O) groups excluding carboxylic acids is 1. The summed E-state index contributed by atoms with van der Waals surface area (Å²) in [5.74, 6) is -0.839. The van der Waals surface area contributed by atoms with E-state index in [9.17, 15) is 26.7 Å². The molecule has 42 heavy (non-hydrogen) atoms. The third-order valence-electron chi connectivity index (χ3n) is 7.43. The van der Waals surface area contributed by atoms with Gasteiger partial charge in [-0.05, 0) is 57.2 Å². The van der Waals surface area contributed by atoms with Crippen LogP contribution in [0.5, 0.6) is 5.75 Å². The van der Waals surface area contributed by atoms with Gasteiger partial charge in [-0.2, -0.15) is 4.31 Å². The van der Waals surface area contributed by atoms with Gasteiger partial charge in [-0.25, -0.2) is 16.8 Å². The lowest BCUT2D eigenvalue weighted by molar-refractivity contribution is 0.0389. The number of aliphatic hydroxyl groups is 1. The second-order valence-corrected chi connectivity index (χ2v) is 14.5. The van der Waals surface area contributed by atoms with Crippen LogP contribution in [0.4, 0.5) is 5.69 Å². The van der Waals surface area contributed by atoms with Crippen LogP contribution in [0, 0.1) is 19.8 Å². The number of benzene rings is 3. The average molecular weight is 616 g/mol. The monoisotopic (exact) mass is 615 g/mol. The molecule has 3 aromatic carbocycles. The summed E-state index contributed by atoms with van der Waals surface area (Å²) in [5.41, 5.74) is 1.96. The largest absolute Gasteiger partial charge is 0.486 e. The number of rotatable bonds is 9. The SMILES string of the molecule is Cc1ccc(S(=O)(=O)Nc2cccc3c2O[C@H](CN(C)S(=O)(=O)c2ccc(C)cc2)[C@H](C)CN([C@H](C)CO)C3=O)cc1. The minimum absolute atomic E-state index is 0.00832. The molecule has 0 saturated carbocycles. The molecule has 0 saturated heterocycles. The zero-order valence-electron chi connectivity index (χ0n) is 24.3. The van der Waals surface area contributed by atoms with E-state index in [-0.39, 0.29) is 46.5 Å². The molecule has 1 amide bonds. The van der Waals surface area contributed by atoms with E-state index in [0.717, 1.165) is 11.1 Å². The zero-order valence-corrected chi connectivity index (χ0v) is 25.9. The van der Waals surface area contributed by atoms with Crippen molar-refractivity contribution in [1.29, 1.82) is 0 Å². The number of carbonyl (C=O) groups is 1. The predicted octanol–water partition coefficient (Wildman–Crippen LogP) is 3.65.